The molecule has 1 aromatic rings. The lowest BCUT2D eigenvalue weighted by molar-refractivity contribution is 0.108. The molecule has 0 aromatic heterocycles. The number of carbonyl (C=O) groups is 1. The number of nitrogens with zero attached hydrogens (tertiary/aromatic N) is 1. The van der Waals surface area contributed by atoms with Crippen molar-refractivity contribution in [1.82, 2.24) is 4.90 Å². The highest BCUT2D eigenvalue weighted by atomic mass is 35.5. The molecule has 0 spiro atoms. The Hall–Kier alpha value is -0.930. The zero-order chi connectivity index (χ0) is 14.8. The van der Waals surface area contributed by atoms with Crippen LogP contribution in [0, 0.1) is 11.8 Å². The maximum absolute atomic E-state index is 12.4. The van der Waals surface area contributed by atoms with E-state index in [9.17, 15) is 4.79 Å². The number of likely N-dealkylation sites (tertiary alicyclic amines) is 1. The lowest BCUT2D eigenvalue weighted by Crippen LogP contribution is -2.46. The van der Waals surface area contributed by atoms with Crippen LogP contribution in [0.3, 0.4) is 0 Å². The van der Waals surface area contributed by atoms with E-state index in [4.69, 9.17) is 23.2 Å². The fraction of sp³-hybridized carbons (Fsp3) is 0.562. The zero-order valence-electron chi connectivity index (χ0n) is 11.9. The molecule has 2 aliphatic rings. The molecule has 0 radical (unpaired) electrons. The molecule has 1 aliphatic carbocycles. The number of amides is 2. The fourth-order valence-corrected chi connectivity index (χ4v) is 3.86. The second-order valence-corrected chi connectivity index (χ2v) is 6.91. The van der Waals surface area contributed by atoms with Gasteiger partial charge in [0.25, 0.3) is 0 Å². The van der Waals surface area contributed by atoms with Crippen molar-refractivity contribution >= 4 is 34.9 Å². The summed E-state index contributed by atoms with van der Waals surface area (Å²) in [7, 11) is 0. The van der Waals surface area contributed by atoms with Crippen LogP contribution in [0.1, 0.15) is 32.1 Å². The maximum atomic E-state index is 12.4. The van der Waals surface area contributed by atoms with Gasteiger partial charge < -0.3 is 10.2 Å². The average Bonchev–Trinajstić information content (AvgIpc) is 2.50. The number of hydrogen-bond donors (Lipinski definition) is 1. The Kier molecular flexibility index (Phi) is 4.60. The normalized spacial score (nSPS) is 25.3. The van der Waals surface area contributed by atoms with E-state index in [2.05, 4.69) is 5.32 Å². The summed E-state index contributed by atoms with van der Waals surface area (Å²) in [5.41, 5.74) is 0.695. The standard InChI is InChI=1S/C16H20Cl2N2O/c17-14-6-5-13(9-15(14)18)19-16(21)20-8-7-11-3-1-2-4-12(11)10-20/h5-6,9,11-12H,1-4,7-8,10H2,(H,19,21)/t11-,12-/m0/s1. The molecule has 3 nitrogen and oxygen atoms in total. The Morgan fingerprint density at radius 2 is 1.86 bits per heavy atom. The number of benzene rings is 1. The molecule has 1 heterocycles. The lowest BCUT2D eigenvalue weighted by Gasteiger charge is -2.41. The molecule has 2 fully saturated rings. The number of nitrogens with one attached hydrogen (secondary N) is 1. The van der Waals surface area contributed by atoms with E-state index in [1.54, 1.807) is 18.2 Å². The number of urea groups is 1. The summed E-state index contributed by atoms with van der Waals surface area (Å²) in [6, 6.07) is 5.14. The molecule has 1 aliphatic heterocycles. The highest BCUT2D eigenvalue weighted by Gasteiger charge is 2.32. The summed E-state index contributed by atoms with van der Waals surface area (Å²) in [5, 5.41) is 3.88. The van der Waals surface area contributed by atoms with Gasteiger partial charge in [-0.05, 0) is 42.9 Å². The van der Waals surface area contributed by atoms with E-state index in [0.717, 1.165) is 25.4 Å². The third kappa shape index (κ3) is 3.46. The highest BCUT2D eigenvalue weighted by molar-refractivity contribution is 6.42. The SMILES string of the molecule is O=C(Nc1ccc(Cl)c(Cl)c1)N1CC[C@@H]2CCCC[C@H]2C1. The monoisotopic (exact) mass is 326 g/mol. The minimum absolute atomic E-state index is 0.0302. The van der Waals surface area contributed by atoms with Crippen LogP contribution in [-0.2, 0) is 0 Å². The van der Waals surface area contributed by atoms with Gasteiger partial charge in [-0.15, -0.1) is 0 Å². The first-order chi connectivity index (χ1) is 10.1. The van der Waals surface area contributed by atoms with Crippen molar-refractivity contribution in [2.24, 2.45) is 11.8 Å². The highest BCUT2D eigenvalue weighted by Crippen LogP contribution is 2.36. The zero-order valence-corrected chi connectivity index (χ0v) is 13.5. The van der Waals surface area contributed by atoms with Gasteiger partial charge in [0.2, 0.25) is 0 Å². The second-order valence-electron chi connectivity index (χ2n) is 6.10. The van der Waals surface area contributed by atoms with Crippen molar-refractivity contribution in [3.8, 4) is 0 Å². The Labute approximate surface area is 135 Å². The molecule has 114 valence electrons. The summed E-state index contributed by atoms with van der Waals surface area (Å²) in [4.78, 5) is 14.3. The molecule has 5 heteroatoms. The van der Waals surface area contributed by atoms with Crippen molar-refractivity contribution in [1.29, 1.82) is 0 Å². The fourth-order valence-electron chi connectivity index (χ4n) is 3.56. The molecule has 21 heavy (non-hydrogen) atoms. The largest absolute Gasteiger partial charge is 0.324 e. The Bertz CT molecular complexity index is 535. The van der Waals surface area contributed by atoms with Gasteiger partial charge >= 0.3 is 6.03 Å². The van der Waals surface area contributed by atoms with Crippen molar-refractivity contribution in [2.45, 2.75) is 32.1 Å². The van der Waals surface area contributed by atoms with E-state index in [1.165, 1.54) is 25.7 Å². The topological polar surface area (TPSA) is 32.3 Å². The molecule has 0 unspecified atom stereocenters. The van der Waals surface area contributed by atoms with Gasteiger partial charge in [0, 0.05) is 18.8 Å². The first-order valence-corrected chi connectivity index (χ1v) is 8.40. The summed E-state index contributed by atoms with van der Waals surface area (Å²) >= 11 is 11.9. The number of piperidine rings is 1. The maximum Gasteiger partial charge on any atom is 0.321 e. The molecular weight excluding hydrogens is 307 g/mol. The van der Waals surface area contributed by atoms with Crippen molar-refractivity contribution in [3.05, 3.63) is 28.2 Å². The quantitative estimate of drug-likeness (QED) is 0.770. The van der Waals surface area contributed by atoms with Gasteiger partial charge in [-0.1, -0.05) is 42.5 Å². The van der Waals surface area contributed by atoms with E-state index in [0.29, 0.717) is 21.7 Å². The average molecular weight is 327 g/mol. The van der Waals surface area contributed by atoms with Crippen LogP contribution in [-0.4, -0.2) is 24.0 Å². The van der Waals surface area contributed by atoms with Crippen molar-refractivity contribution in [3.63, 3.8) is 0 Å². The van der Waals surface area contributed by atoms with E-state index >= 15 is 0 Å². The first kappa shape index (κ1) is 15.0. The van der Waals surface area contributed by atoms with Gasteiger partial charge in [0.05, 0.1) is 10.0 Å². The van der Waals surface area contributed by atoms with Crippen molar-refractivity contribution < 1.29 is 4.79 Å². The summed E-state index contributed by atoms with van der Waals surface area (Å²) in [5.74, 6) is 1.51. The molecule has 0 bridgehead atoms. The van der Waals surface area contributed by atoms with Crippen LogP contribution in [0.2, 0.25) is 10.0 Å². The summed E-state index contributed by atoms with van der Waals surface area (Å²) in [6.07, 6.45) is 6.41. The second kappa shape index (κ2) is 6.45. The number of hydrogen-bond acceptors (Lipinski definition) is 1. The van der Waals surface area contributed by atoms with Crippen LogP contribution >= 0.6 is 23.2 Å². The van der Waals surface area contributed by atoms with E-state index in [1.807, 2.05) is 4.90 Å². The number of halogens is 2. The Morgan fingerprint density at radius 3 is 2.62 bits per heavy atom. The van der Waals surface area contributed by atoms with Crippen molar-refractivity contribution in [2.75, 3.05) is 18.4 Å². The van der Waals surface area contributed by atoms with Gasteiger partial charge in [0.1, 0.15) is 0 Å². The molecule has 3 rings (SSSR count). The molecular formula is C16H20Cl2N2O. The third-order valence-corrected chi connectivity index (χ3v) is 5.49. The van der Waals surface area contributed by atoms with Crippen LogP contribution in [0.5, 0.6) is 0 Å². The third-order valence-electron chi connectivity index (χ3n) is 4.75. The van der Waals surface area contributed by atoms with Gasteiger partial charge in [-0.3, -0.25) is 0 Å². The predicted octanol–water partition coefficient (Wildman–Crippen LogP) is 5.04. The first-order valence-electron chi connectivity index (χ1n) is 7.64. The minimum atomic E-state index is -0.0302. The molecule has 1 saturated heterocycles. The molecule has 1 N–H and O–H groups in total. The number of rotatable bonds is 1. The van der Waals surface area contributed by atoms with Crippen LogP contribution in [0.25, 0.3) is 0 Å². The van der Waals surface area contributed by atoms with E-state index in [-0.39, 0.29) is 6.03 Å². The smallest absolute Gasteiger partial charge is 0.321 e. The Morgan fingerprint density at radius 1 is 1.10 bits per heavy atom. The molecule has 1 aromatic carbocycles. The van der Waals surface area contributed by atoms with E-state index < -0.39 is 0 Å². The minimum Gasteiger partial charge on any atom is -0.324 e. The summed E-state index contributed by atoms with van der Waals surface area (Å²) in [6.45, 7) is 1.74. The van der Waals surface area contributed by atoms with Crippen LogP contribution in [0.15, 0.2) is 18.2 Å². The van der Waals surface area contributed by atoms with Gasteiger partial charge in [0.15, 0.2) is 0 Å². The molecule has 2 atom stereocenters. The lowest BCUT2D eigenvalue weighted by atomic mass is 9.75. The summed E-state index contributed by atoms with van der Waals surface area (Å²) < 4.78 is 0. The molecule has 2 amide bonds. The predicted molar refractivity (Wildman–Crippen MR) is 87.1 cm³/mol. The van der Waals surface area contributed by atoms with Crippen LogP contribution < -0.4 is 5.32 Å². The van der Waals surface area contributed by atoms with Crippen LogP contribution in [0.4, 0.5) is 10.5 Å². The van der Waals surface area contributed by atoms with Gasteiger partial charge in [-0.25, -0.2) is 4.79 Å². The Balaban J connectivity index is 1.61. The number of fused-ring (bicyclic) bond motifs is 1. The number of carbonyl (C=O) groups excluding carboxylic acids is 1. The molecule has 1 saturated carbocycles. The van der Waals surface area contributed by atoms with Gasteiger partial charge in [-0.2, -0.15) is 0 Å². The number of anilines is 1.